The molecule has 0 radical (unpaired) electrons. The molecule has 76 valence electrons. The Labute approximate surface area is 84.5 Å². The molecule has 0 fully saturated rings. The van der Waals surface area contributed by atoms with Crippen molar-refractivity contribution in [1.82, 2.24) is 0 Å². The van der Waals surface area contributed by atoms with Crippen LogP contribution in [-0.4, -0.2) is 16.8 Å². The lowest BCUT2D eigenvalue weighted by atomic mass is 9.91. The molecule has 0 saturated heterocycles. The summed E-state index contributed by atoms with van der Waals surface area (Å²) >= 11 is 0. The molecule has 0 saturated carbocycles. The van der Waals surface area contributed by atoms with Crippen LogP contribution in [0.15, 0.2) is 42.5 Å². The van der Waals surface area contributed by atoms with Gasteiger partial charge in [0.2, 0.25) is 0 Å². The molecule has 0 bridgehead atoms. The smallest absolute Gasteiger partial charge is 0.0877 e. The topological polar surface area (TPSA) is 40.5 Å². The Balaban J connectivity index is 2.83. The summed E-state index contributed by atoms with van der Waals surface area (Å²) < 4.78 is 0. The van der Waals surface area contributed by atoms with Crippen molar-refractivity contribution in [2.75, 3.05) is 6.61 Å². The van der Waals surface area contributed by atoms with Crippen molar-refractivity contribution in [3.05, 3.63) is 48.0 Å². The zero-order chi connectivity index (χ0) is 10.6. The van der Waals surface area contributed by atoms with Crippen LogP contribution >= 0.6 is 0 Å². The van der Waals surface area contributed by atoms with Crippen LogP contribution in [0.2, 0.25) is 0 Å². The Morgan fingerprint density at radius 1 is 1.36 bits per heavy atom. The van der Waals surface area contributed by atoms with Crippen LogP contribution in [0.5, 0.6) is 0 Å². The van der Waals surface area contributed by atoms with E-state index in [2.05, 4.69) is 6.58 Å². The zero-order valence-corrected chi connectivity index (χ0v) is 8.35. The molecule has 1 aromatic rings. The van der Waals surface area contributed by atoms with Gasteiger partial charge < -0.3 is 10.2 Å². The quantitative estimate of drug-likeness (QED) is 0.715. The van der Waals surface area contributed by atoms with Gasteiger partial charge in [-0.1, -0.05) is 42.5 Å². The second kappa shape index (κ2) is 4.94. The van der Waals surface area contributed by atoms with Gasteiger partial charge in [-0.25, -0.2) is 0 Å². The first kappa shape index (κ1) is 11.0. The van der Waals surface area contributed by atoms with Crippen LogP contribution in [0.25, 0.3) is 0 Å². The van der Waals surface area contributed by atoms with Crippen LogP contribution < -0.4 is 0 Å². The molecule has 0 heterocycles. The van der Waals surface area contributed by atoms with E-state index in [0.29, 0.717) is 0 Å². The van der Waals surface area contributed by atoms with Crippen LogP contribution in [-0.2, 0) is 0 Å². The van der Waals surface area contributed by atoms with Gasteiger partial charge in [0.25, 0.3) is 0 Å². The maximum Gasteiger partial charge on any atom is 0.0877 e. The number of hydrogen-bond acceptors (Lipinski definition) is 2. The van der Waals surface area contributed by atoms with Gasteiger partial charge in [0.15, 0.2) is 0 Å². The summed E-state index contributed by atoms with van der Waals surface area (Å²) in [5.74, 6) is -0.280. The third-order valence-electron chi connectivity index (χ3n) is 2.35. The number of aliphatic hydroxyl groups excluding tert-OH is 2. The van der Waals surface area contributed by atoms with E-state index in [-0.39, 0.29) is 12.5 Å². The first-order valence-corrected chi connectivity index (χ1v) is 4.66. The molecule has 0 spiro atoms. The van der Waals surface area contributed by atoms with Gasteiger partial charge in [0, 0.05) is 5.92 Å². The monoisotopic (exact) mass is 192 g/mol. The molecule has 0 aliphatic carbocycles. The van der Waals surface area contributed by atoms with Crippen LogP contribution in [0.1, 0.15) is 18.6 Å². The Kier molecular flexibility index (Phi) is 3.86. The fourth-order valence-corrected chi connectivity index (χ4v) is 1.41. The van der Waals surface area contributed by atoms with Gasteiger partial charge in [-0.2, -0.15) is 0 Å². The Morgan fingerprint density at radius 3 is 2.36 bits per heavy atom. The molecular weight excluding hydrogens is 176 g/mol. The molecule has 0 aromatic heterocycles. The summed E-state index contributed by atoms with van der Waals surface area (Å²) in [6, 6.07) is 9.31. The van der Waals surface area contributed by atoms with Crippen molar-refractivity contribution in [1.29, 1.82) is 0 Å². The molecule has 2 heteroatoms. The molecule has 0 aliphatic heterocycles. The normalized spacial score (nSPS) is 14.8. The van der Waals surface area contributed by atoms with Crippen molar-refractivity contribution < 1.29 is 10.2 Å². The van der Waals surface area contributed by atoms with E-state index < -0.39 is 6.10 Å². The molecule has 2 N–H and O–H groups in total. The summed E-state index contributed by atoms with van der Waals surface area (Å²) in [4.78, 5) is 0. The van der Waals surface area contributed by atoms with E-state index in [1.165, 1.54) is 0 Å². The Morgan fingerprint density at radius 2 is 1.93 bits per heavy atom. The highest BCUT2D eigenvalue weighted by Crippen LogP contribution is 2.26. The molecule has 0 unspecified atom stereocenters. The highest BCUT2D eigenvalue weighted by Gasteiger charge is 2.20. The number of aliphatic hydroxyl groups is 2. The summed E-state index contributed by atoms with van der Waals surface area (Å²) in [6.07, 6.45) is -0.668. The third kappa shape index (κ3) is 2.44. The van der Waals surface area contributed by atoms with E-state index >= 15 is 0 Å². The lowest BCUT2D eigenvalue weighted by Crippen LogP contribution is -2.17. The Hall–Kier alpha value is -1.12. The number of hydrogen-bond donors (Lipinski definition) is 2. The SMILES string of the molecule is C=C(C)[C@H](CO)[C@H](O)c1ccccc1. The average Bonchev–Trinajstić information content (AvgIpc) is 2.19. The largest absolute Gasteiger partial charge is 0.396 e. The van der Waals surface area contributed by atoms with Crippen molar-refractivity contribution in [3.8, 4) is 0 Å². The van der Waals surface area contributed by atoms with Gasteiger partial charge in [-0.05, 0) is 12.5 Å². The average molecular weight is 192 g/mol. The first-order chi connectivity index (χ1) is 6.66. The maximum atomic E-state index is 9.93. The van der Waals surface area contributed by atoms with Gasteiger partial charge >= 0.3 is 0 Å². The maximum absolute atomic E-state index is 9.93. The lowest BCUT2D eigenvalue weighted by Gasteiger charge is -2.21. The molecule has 14 heavy (non-hydrogen) atoms. The van der Waals surface area contributed by atoms with Crippen LogP contribution in [0.4, 0.5) is 0 Å². The standard InChI is InChI=1S/C12H16O2/c1-9(2)11(8-13)12(14)10-6-4-3-5-7-10/h3-7,11-14H,1,8H2,2H3/t11-,12+/m0/s1. The van der Waals surface area contributed by atoms with Gasteiger partial charge in [-0.3, -0.25) is 0 Å². The number of rotatable bonds is 4. The molecule has 0 amide bonds. The first-order valence-electron chi connectivity index (χ1n) is 4.66. The van der Waals surface area contributed by atoms with E-state index in [4.69, 9.17) is 5.11 Å². The molecule has 1 rings (SSSR count). The highest BCUT2D eigenvalue weighted by atomic mass is 16.3. The minimum Gasteiger partial charge on any atom is -0.396 e. The summed E-state index contributed by atoms with van der Waals surface area (Å²) in [5, 5.41) is 19.0. The molecule has 2 atom stereocenters. The summed E-state index contributed by atoms with van der Waals surface area (Å²) in [7, 11) is 0. The fourth-order valence-electron chi connectivity index (χ4n) is 1.41. The highest BCUT2D eigenvalue weighted by molar-refractivity contribution is 5.20. The number of benzene rings is 1. The zero-order valence-electron chi connectivity index (χ0n) is 8.35. The summed E-state index contributed by atoms with van der Waals surface area (Å²) in [6.45, 7) is 5.49. The third-order valence-corrected chi connectivity index (χ3v) is 2.35. The minimum absolute atomic E-state index is 0.0780. The predicted molar refractivity (Wildman–Crippen MR) is 56.8 cm³/mol. The van der Waals surface area contributed by atoms with Crippen molar-refractivity contribution in [2.45, 2.75) is 13.0 Å². The van der Waals surface area contributed by atoms with E-state index in [1.807, 2.05) is 37.3 Å². The van der Waals surface area contributed by atoms with Crippen LogP contribution in [0.3, 0.4) is 0 Å². The van der Waals surface area contributed by atoms with Crippen LogP contribution in [0, 0.1) is 5.92 Å². The molecular formula is C12H16O2. The van der Waals surface area contributed by atoms with E-state index in [0.717, 1.165) is 11.1 Å². The predicted octanol–water partition coefficient (Wildman–Crippen LogP) is 1.90. The van der Waals surface area contributed by atoms with Gasteiger partial charge in [0.05, 0.1) is 12.7 Å². The van der Waals surface area contributed by atoms with E-state index in [9.17, 15) is 5.11 Å². The fraction of sp³-hybridized carbons (Fsp3) is 0.333. The van der Waals surface area contributed by atoms with Crippen molar-refractivity contribution in [2.24, 2.45) is 5.92 Å². The van der Waals surface area contributed by atoms with Crippen molar-refractivity contribution >= 4 is 0 Å². The van der Waals surface area contributed by atoms with Gasteiger partial charge in [-0.15, -0.1) is 0 Å². The molecule has 2 nitrogen and oxygen atoms in total. The van der Waals surface area contributed by atoms with E-state index in [1.54, 1.807) is 0 Å². The van der Waals surface area contributed by atoms with Crippen molar-refractivity contribution in [3.63, 3.8) is 0 Å². The second-order valence-corrected chi connectivity index (χ2v) is 3.49. The lowest BCUT2D eigenvalue weighted by molar-refractivity contribution is 0.0863. The molecule has 1 aromatic carbocycles. The minimum atomic E-state index is -0.668. The summed E-state index contributed by atoms with van der Waals surface area (Å²) in [5.41, 5.74) is 1.61. The van der Waals surface area contributed by atoms with Gasteiger partial charge in [0.1, 0.15) is 0 Å². The molecule has 0 aliphatic rings. The Bertz CT molecular complexity index is 292. The second-order valence-electron chi connectivity index (χ2n) is 3.49.